The molecular formula is C22H27N3O2S. The summed E-state index contributed by atoms with van der Waals surface area (Å²) < 4.78 is 12.9. The van der Waals surface area contributed by atoms with Gasteiger partial charge in [-0.15, -0.1) is 0 Å². The maximum atomic E-state index is 9.28. The van der Waals surface area contributed by atoms with Gasteiger partial charge in [-0.1, -0.05) is 17.4 Å². The number of anilines is 1. The summed E-state index contributed by atoms with van der Waals surface area (Å²) in [5.41, 5.74) is 1.34. The summed E-state index contributed by atoms with van der Waals surface area (Å²) >= 11 is 1.63. The third-order valence-electron chi connectivity index (χ3n) is 4.66. The van der Waals surface area contributed by atoms with Gasteiger partial charge >= 0.3 is 0 Å². The van der Waals surface area contributed by atoms with Crippen LogP contribution in [0.4, 0.5) is 5.13 Å². The monoisotopic (exact) mass is 397 g/mol. The van der Waals surface area contributed by atoms with Crippen LogP contribution in [-0.2, 0) is 4.74 Å². The van der Waals surface area contributed by atoms with E-state index in [9.17, 15) is 5.26 Å². The van der Waals surface area contributed by atoms with Crippen LogP contribution in [0, 0.1) is 11.3 Å². The summed E-state index contributed by atoms with van der Waals surface area (Å²) in [6.45, 7) is 10.9. The average molecular weight is 398 g/mol. The number of ether oxygens (including phenoxy) is 2. The Morgan fingerprint density at radius 1 is 1.50 bits per heavy atom. The Balaban J connectivity index is 1.96. The van der Waals surface area contributed by atoms with Gasteiger partial charge in [0.1, 0.15) is 11.4 Å². The fourth-order valence-corrected chi connectivity index (χ4v) is 4.36. The van der Waals surface area contributed by atoms with Crippen molar-refractivity contribution in [1.82, 2.24) is 4.98 Å². The molecule has 0 amide bonds. The number of hydrogen-bond acceptors (Lipinski definition) is 6. The second kappa shape index (κ2) is 8.34. The third kappa shape index (κ3) is 4.54. The molecule has 2 heterocycles. The van der Waals surface area contributed by atoms with Gasteiger partial charge in [0.2, 0.25) is 0 Å². The molecule has 2 atom stereocenters. The van der Waals surface area contributed by atoms with Crippen LogP contribution in [0.15, 0.2) is 18.2 Å². The minimum atomic E-state index is -0.297. The number of thiazole rings is 1. The molecule has 1 aliphatic heterocycles. The van der Waals surface area contributed by atoms with Gasteiger partial charge < -0.3 is 14.8 Å². The molecule has 2 aromatic rings. The molecule has 0 saturated carbocycles. The van der Waals surface area contributed by atoms with E-state index < -0.39 is 0 Å². The van der Waals surface area contributed by atoms with Gasteiger partial charge in [0.15, 0.2) is 5.13 Å². The van der Waals surface area contributed by atoms with E-state index in [4.69, 9.17) is 14.5 Å². The van der Waals surface area contributed by atoms with E-state index in [-0.39, 0.29) is 17.7 Å². The van der Waals surface area contributed by atoms with Crippen molar-refractivity contribution in [2.45, 2.75) is 58.8 Å². The Labute approximate surface area is 170 Å². The van der Waals surface area contributed by atoms with Gasteiger partial charge in [-0.3, -0.25) is 0 Å². The first-order chi connectivity index (χ1) is 13.3. The largest absolute Gasteiger partial charge is 0.487 e. The molecule has 1 aliphatic rings. The van der Waals surface area contributed by atoms with Crippen molar-refractivity contribution >= 4 is 28.6 Å². The van der Waals surface area contributed by atoms with Crippen LogP contribution in [0.2, 0.25) is 0 Å². The molecule has 1 N–H and O–H groups in total. The van der Waals surface area contributed by atoms with Crippen LogP contribution in [0.25, 0.3) is 12.2 Å². The van der Waals surface area contributed by atoms with Crippen molar-refractivity contribution in [3.05, 3.63) is 39.2 Å². The van der Waals surface area contributed by atoms with Crippen molar-refractivity contribution < 1.29 is 9.47 Å². The molecule has 1 unspecified atom stereocenters. The molecule has 0 radical (unpaired) electrons. The molecule has 28 heavy (non-hydrogen) atoms. The quantitative estimate of drug-likeness (QED) is 0.833. The number of nitrogens with zero attached hydrogens (tertiary/aromatic N) is 2. The Morgan fingerprint density at radius 2 is 2.29 bits per heavy atom. The van der Waals surface area contributed by atoms with Crippen LogP contribution in [0.5, 0.6) is 5.75 Å². The predicted molar refractivity (Wildman–Crippen MR) is 114 cm³/mol. The first kappa shape index (κ1) is 20.4. The highest BCUT2D eigenvalue weighted by molar-refractivity contribution is 7.13. The standard InChI is InChI=1S/C22H27N3O2S/c1-6-20-17(10-14(3)26-7-2)24-21(28-20)25-18-12-22(4,5)27-19-9-8-15(13-23)11-16(18)19/h6,8-11,14,18H,7,12H2,1-5H3,(H,24,25)/b17-10+,20-6+/t14?,18-/m0/s1. The molecule has 0 bridgehead atoms. The molecule has 0 aliphatic carbocycles. The molecule has 5 nitrogen and oxygen atoms in total. The summed E-state index contributed by atoms with van der Waals surface area (Å²) in [4.78, 5) is 4.80. The van der Waals surface area contributed by atoms with Crippen molar-refractivity contribution in [1.29, 1.82) is 5.26 Å². The fourth-order valence-electron chi connectivity index (χ4n) is 3.47. The molecule has 6 heteroatoms. The number of rotatable bonds is 5. The molecule has 0 spiro atoms. The minimum Gasteiger partial charge on any atom is -0.487 e. The lowest BCUT2D eigenvalue weighted by molar-refractivity contribution is 0.0759. The minimum absolute atomic E-state index is 0.0135. The molecule has 3 rings (SSSR count). The molecule has 1 aromatic carbocycles. The molecular weight excluding hydrogens is 370 g/mol. The SMILES string of the molecule is C/C=c1/sc(N[C@H]2CC(C)(C)Oc3ccc(C#N)cc32)n/c1=C/C(C)OCC. The highest BCUT2D eigenvalue weighted by Gasteiger charge is 2.34. The van der Waals surface area contributed by atoms with Crippen molar-refractivity contribution in [2.24, 2.45) is 0 Å². The number of benzene rings is 1. The van der Waals surface area contributed by atoms with Crippen LogP contribution < -0.4 is 19.9 Å². The lowest BCUT2D eigenvalue weighted by Gasteiger charge is -2.38. The Kier molecular flexibility index (Phi) is 6.07. The van der Waals surface area contributed by atoms with E-state index in [1.54, 1.807) is 17.4 Å². The van der Waals surface area contributed by atoms with Crippen LogP contribution in [0.3, 0.4) is 0 Å². The topological polar surface area (TPSA) is 67.2 Å². The first-order valence-electron chi connectivity index (χ1n) is 9.61. The lowest BCUT2D eigenvalue weighted by atomic mass is 9.89. The fraction of sp³-hybridized carbons (Fsp3) is 0.455. The van der Waals surface area contributed by atoms with Crippen molar-refractivity contribution in [3.63, 3.8) is 0 Å². The van der Waals surface area contributed by atoms with Crippen LogP contribution in [-0.4, -0.2) is 23.3 Å². The number of fused-ring (bicyclic) bond motifs is 1. The third-order valence-corrected chi connectivity index (χ3v) is 5.73. The van der Waals surface area contributed by atoms with Gasteiger partial charge in [-0.2, -0.15) is 5.26 Å². The van der Waals surface area contributed by atoms with E-state index in [0.717, 1.165) is 32.7 Å². The van der Waals surface area contributed by atoms with Gasteiger partial charge in [-0.05, 0) is 58.9 Å². The zero-order valence-corrected chi connectivity index (χ0v) is 17.9. The highest BCUT2D eigenvalue weighted by atomic mass is 32.1. The van der Waals surface area contributed by atoms with E-state index >= 15 is 0 Å². The zero-order chi connectivity index (χ0) is 20.3. The maximum absolute atomic E-state index is 9.28. The lowest BCUT2D eigenvalue weighted by Crippen LogP contribution is -2.37. The van der Waals surface area contributed by atoms with Gasteiger partial charge in [0.25, 0.3) is 0 Å². The Morgan fingerprint density at radius 3 is 2.96 bits per heavy atom. The maximum Gasteiger partial charge on any atom is 0.184 e. The van der Waals surface area contributed by atoms with Crippen LogP contribution >= 0.6 is 11.3 Å². The van der Waals surface area contributed by atoms with Crippen molar-refractivity contribution in [3.8, 4) is 11.8 Å². The zero-order valence-electron chi connectivity index (χ0n) is 17.1. The van der Waals surface area contributed by atoms with Gasteiger partial charge in [0, 0.05) is 18.6 Å². The second-order valence-electron chi connectivity index (χ2n) is 7.51. The summed E-state index contributed by atoms with van der Waals surface area (Å²) in [7, 11) is 0. The highest BCUT2D eigenvalue weighted by Crippen LogP contribution is 2.41. The van der Waals surface area contributed by atoms with E-state index in [2.05, 4.69) is 37.4 Å². The van der Waals surface area contributed by atoms with Crippen LogP contribution in [0.1, 0.15) is 58.2 Å². The van der Waals surface area contributed by atoms with E-state index in [1.165, 1.54) is 0 Å². The summed E-state index contributed by atoms with van der Waals surface area (Å²) in [5, 5.41) is 14.7. The Bertz CT molecular complexity index is 1000. The first-order valence-corrected chi connectivity index (χ1v) is 10.4. The van der Waals surface area contributed by atoms with Gasteiger partial charge in [-0.25, -0.2) is 4.98 Å². The Hall–Kier alpha value is -2.36. The number of nitriles is 1. The van der Waals surface area contributed by atoms with Crippen molar-refractivity contribution in [2.75, 3.05) is 11.9 Å². The molecule has 1 aromatic heterocycles. The molecule has 148 valence electrons. The summed E-state index contributed by atoms with van der Waals surface area (Å²) in [5.74, 6) is 0.823. The molecule has 0 saturated heterocycles. The van der Waals surface area contributed by atoms with Gasteiger partial charge in [0.05, 0.1) is 33.7 Å². The summed E-state index contributed by atoms with van der Waals surface area (Å²) in [6, 6.07) is 7.84. The normalized spacial score (nSPS) is 20.2. The second-order valence-corrected chi connectivity index (χ2v) is 8.54. The van der Waals surface area contributed by atoms with E-state index in [0.29, 0.717) is 12.2 Å². The number of hydrogen-bond donors (Lipinski definition) is 1. The smallest absolute Gasteiger partial charge is 0.184 e. The number of aromatic nitrogens is 1. The summed E-state index contributed by atoms with van der Waals surface area (Å²) in [6.07, 6.45) is 4.92. The molecule has 0 fully saturated rings. The average Bonchev–Trinajstić information content (AvgIpc) is 3.02. The van der Waals surface area contributed by atoms with E-state index in [1.807, 2.05) is 32.9 Å². The predicted octanol–water partition coefficient (Wildman–Crippen LogP) is 3.73. The number of nitrogens with one attached hydrogen (secondary N) is 1.